The molecule has 1 aliphatic heterocycles. The van der Waals surface area contributed by atoms with Gasteiger partial charge in [-0.3, -0.25) is 9.89 Å². The van der Waals surface area contributed by atoms with E-state index in [9.17, 15) is 0 Å². The Bertz CT molecular complexity index is 817. The Kier molecular flexibility index (Phi) is 11.5. The SMILES string of the molecule is CN=C(NCCCc1cn(-c2ccccc2)nc1C)NCC(C(C)C)N1CCOCC1.I. The molecule has 0 radical (unpaired) electrons. The zero-order valence-corrected chi connectivity index (χ0v) is 22.2. The molecule has 0 aliphatic carbocycles. The normalized spacial score (nSPS) is 16.0. The van der Waals surface area contributed by atoms with Crippen LogP contribution in [-0.2, 0) is 11.2 Å². The van der Waals surface area contributed by atoms with E-state index in [4.69, 9.17) is 4.74 Å². The molecule has 0 saturated carbocycles. The molecule has 1 saturated heterocycles. The van der Waals surface area contributed by atoms with Crippen LogP contribution in [-0.4, -0.2) is 73.1 Å². The second kappa shape index (κ2) is 13.8. The van der Waals surface area contributed by atoms with E-state index >= 15 is 0 Å². The van der Waals surface area contributed by atoms with Gasteiger partial charge in [0.25, 0.3) is 0 Å². The lowest BCUT2D eigenvalue weighted by Crippen LogP contribution is -2.52. The van der Waals surface area contributed by atoms with Crippen LogP contribution in [0.4, 0.5) is 0 Å². The Morgan fingerprint density at radius 1 is 1.16 bits per heavy atom. The van der Waals surface area contributed by atoms with Gasteiger partial charge >= 0.3 is 0 Å². The fourth-order valence-corrected chi connectivity index (χ4v) is 4.06. The first-order valence-corrected chi connectivity index (χ1v) is 11.5. The highest BCUT2D eigenvalue weighted by atomic mass is 127. The van der Waals surface area contributed by atoms with Crippen molar-refractivity contribution in [3.63, 3.8) is 0 Å². The van der Waals surface area contributed by atoms with Crippen LogP contribution in [0.2, 0.25) is 0 Å². The van der Waals surface area contributed by atoms with E-state index < -0.39 is 0 Å². The summed E-state index contributed by atoms with van der Waals surface area (Å²) in [5, 5.41) is 11.7. The molecule has 0 amide bonds. The topological polar surface area (TPSA) is 66.7 Å². The summed E-state index contributed by atoms with van der Waals surface area (Å²) in [5.41, 5.74) is 3.48. The smallest absolute Gasteiger partial charge is 0.191 e. The van der Waals surface area contributed by atoms with Gasteiger partial charge in [0.1, 0.15) is 0 Å². The van der Waals surface area contributed by atoms with Crippen LogP contribution in [0, 0.1) is 12.8 Å². The van der Waals surface area contributed by atoms with E-state index in [2.05, 4.69) is 64.7 Å². The van der Waals surface area contributed by atoms with Crippen molar-refractivity contribution in [2.24, 2.45) is 10.9 Å². The lowest BCUT2D eigenvalue weighted by molar-refractivity contribution is 0.00752. The van der Waals surface area contributed by atoms with Gasteiger partial charge in [-0.1, -0.05) is 32.0 Å². The van der Waals surface area contributed by atoms with Crippen molar-refractivity contribution >= 4 is 29.9 Å². The van der Waals surface area contributed by atoms with Crippen LogP contribution in [0.15, 0.2) is 41.5 Å². The van der Waals surface area contributed by atoms with Crippen LogP contribution in [0.3, 0.4) is 0 Å². The zero-order valence-electron chi connectivity index (χ0n) is 19.9. The fourth-order valence-electron chi connectivity index (χ4n) is 4.06. The number of halogens is 1. The third-order valence-corrected chi connectivity index (χ3v) is 5.92. The molecular weight excluding hydrogens is 515 g/mol. The molecule has 1 unspecified atom stereocenters. The third kappa shape index (κ3) is 7.74. The van der Waals surface area contributed by atoms with Gasteiger partial charge in [0.2, 0.25) is 0 Å². The number of aryl methyl sites for hydroxylation is 2. The van der Waals surface area contributed by atoms with Crippen molar-refractivity contribution in [2.75, 3.05) is 46.4 Å². The van der Waals surface area contributed by atoms with E-state index in [-0.39, 0.29) is 24.0 Å². The average molecular weight is 555 g/mol. The molecule has 32 heavy (non-hydrogen) atoms. The Hall–Kier alpha value is -1.65. The number of morpholine rings is 1. The summed E-state index contributed by atoms with van der Waals surface area (Å²) < 4.78 is 7.48. The molecule has 2 aromatic rings. The molecule has 2 N–H and O–H groups in total. The monoisotopic (exact) mass is 554 g/mol. The number of aromatic nitrogens is 2. The fraction of sp³-hybridized carbons (Fsp3) is 0.583. The van der Waals surface area contributed by atoms with E-state index in [1.54, 1.807) is 0 Å². The molecule has 1 fully saturated rings. The van der Waals surface area contributed by atoms with Gasteiger partial charge in [0.15, 0.2) is 5.96 Å². The molecule has 1 aliphatic rings. The predicted octanol–water partition coefficient (Wildman–Crippen LogP) is 3.25. The molecule has 7 nitrogen and oxygen atoms in total. The summed E-state index contributed by atoms with van der Waals surface area (Å²) in [6.07, 6.45) is 4.16. The van der Waals surface area contributed by atoms with E-state index in [0.29, 0.717) is 12.0 Å². The summed E-state index contributed by atoms with van der Waals surface area (Å²) >= 11 is 0. The van der Waals surface area contributed by atoms with Gasteiger partial charge in [-0.2, -0.15) is 5.10 Å². The molecule has 1 aromatic carbocycles. The van der Waals surface area contributed by atoms with Crippen molar-refractivity contribution in [2.45, 2.75) is 39.7 Å². The largest absolute Gasteiger partial charge is 0.379 e. The highest BCUT2D eigenvalue weighted by molar-refractivity contribution is 14.0. The molecule has 0 bridgehead atoms. The third-order valence-electron chi connectivity index (χ3n) is 5.92. The Morgan fingerprint density at radius 3 is 2.53 bits per heavy atom. The standard InChI is InChI=1S/C24H38N6O.HI/c1-19(2)23(29-13-15-31-16-14-29)17-27-24(25-4)26-12-8-9-21-18-30(28-20(21)3)22-10-6-5-7-11-22;/h5-7,10-11,18-19,23H,8-9,12-17H2,1-4H3,(H2,25,26,27);1H. The first-order chi connectivity index (χ1) is 15.1. The number of hydrogen-bond donors (Lipinski definition) is 2. The number of para-hydroxylation sites is 1. The van der Waals surface area contributed by atoms with E-state index in [1.165, 1.54) is 5.56 Å². The van der Waals surface area contributed by atoms with Gasteiger partial charge in [0, 0.05) is 45.5 Å². The summed E-state index contributed by atoms with van der Waals surface area (Å²) in [6, 6.07) is 10.7. The van der Waals surface area contributed by atoms with Gasteiger partial charge in [0.05, 0.1) is 24.6 Å². The second-order valence-electron chi connectivity index (χ2n) is 8.46. The van der Waals surface area contributed by atoms with Gasteiger partial charge in [-0.05, 0) is 43.4 Å². The Balaban J connectivity index is 0.00000363. The summed E-state index contributed by atoms with van der Waals surface area (Å²) in [7, 11) is 1.84. The van der Waals surface area contributed by atoms with Gasteiger partial charge in [-0.15, -0.1) is 24.0 Å². The number of ether oxygens (including phenoxy) is 1. The number of guanidine groups is 1. The minimum atomic E-state index is 0. The number of hydrogen-bond acceptors (Lipinski definition) is 4. The highest BCUT2D eigenvalue weighted by Crippen LogP contribution is 2.14. The second-order valence-corrected chi connectivity index (χ2v) is 8.46. The van der Waals surface area contributed by atoms with Crippen LogP contribution in [0.25, 0.3) is 5.69 Å². The van der Waals surface area contributed by atoms with Crippen molar-refractivity contribution in [3.05, 3.63) is 47.8 Å². The minimum Gasteiger partial charge on any atom is -0.379 e. The molecular formula is C24H39IN6O. The number of aliphatic imine (C=N–C) groups is 1. The predicted molar refractivity (Wildman–Crippen MR) is 142 cm³/mol. The summed E-state index contributed by atoms with van der Waals surface area (Å²) in [6.45, 7) is 12.1. The van der Waals surface area contributed by atoms with Crippen molar-refractivity contribution in [3.8, 4) is 5.69 Å². The quantitative estimate of drug-likeness (QED) is 0.216. The number of nitrogens with zero attached hydrogens (tertiary/aromatic N) is 4. The molecule has 1 atom stereocenters. The lowest BCUT2D eigenvalue weighted by Gasteiger charge is -2.37. The number of rotatable bonds is 9. The van der Waals surface area contributed by atoms with Gasteiger partial charge < -0.3 is 15.4 Å². The van der Waals surface area contributed by atoms with Crippen LogP contribution in [0.1, 0.15) is 31.5 Å². The van der Waals surface area contributed by atoms with Crippen molar-refractivity contribution in [1.82, 2.24) is 25.3 Å². The molecule has 1 aromatic heterocycles. The van der Waals surface area contributed by atoms with Crippen molar-refractivity contribution < 1.29 is 4.74 Å². The van der Waals surface area contributed by atoms with Crippen LogP contribution < -0.4 is 10.6 Å². The first-order valence-electron chi connectivity index (χ1n) is 11.5. The molecule has 3 rings (SSSR count). The minimum absolute atomic E-state index is 0. The molecule has 2 heterocycles. The maximum absolute atomic E-state index is 5.51. The maximum atomic E-state index is 5.51. The Labute approximate surface area is 210 Å². The Morgan fingerprint density at radius 2 is 1.88 bits per heavy atom. The molecule has 0 spiro atoms. The summed E-state index contributed by atoms with van der Waals surface area (Å²) in [5.74, 6) is 1.45. The van der Waals surface area contributed by atoms with E-state index in [0.717, 1.165) is 69.6 Å². The number of nitrogens with one attached hydrogen (secondary N) is 2. The zero-order chi connectivity index (χ0) is 22.1. The van der Waals surface area contributed by atoms with Crippen LogP contribution >= 0.6 is 24.0 Å². The van der Waals surface area contributed by atoms with E-state index in [1.807, 2.05) is 29.9 Å². The number of benzene rings is 1. The molecule has 8 heteroatoms. The van der Waals surface area contributed by atoms with Gasteiger partial charge in [-0.25, -0.2) is 4.68 Å². The van der Waals surface area contributed by atoms with Crippen LogP contribution in [0.5, 0.6) is 0 Å². The maximum Gasteiger partial charge on any atom is 0.191 e. The molecule has 178 valence electrons. The lowest BCUT2D eigenvalue weighted by atomic mass is 10.0. The first kappa shape index (κ1) is 26.6. The van der Waals surface area contributed by atoms with Crippen molar-refractivity contribution in [1.29, 1.82) is 0 Å². The average Bonchev–Trinajstić information content (AvgIpc) is 3.17. The summed E-state index contributed by atoms with van der Waals surface area (Å²) in [4.78, 5) is 6.93. The highest BCUT2D eigenvalue weighted by Gasteiger charge is 2.23.